The third-order valence-corrected chi connectivity index (χ3v) is 3.86. The summed E-state index contributed by atoms with van der Waals surface area (Å²) in [7, 11) is 0. The van der Waals surface area contributed by atoms with Gasteiger partial charge in [-0.3, -0.25) is 4.79 Å². The molecular weight excluding hydrogens is 212 g/mol. The lowest BCUT2D eigenvalue weighted by molar-refractivity contribution is -0.121. The van der Waals surface area contributed by atoms with Gasteiger partial charge in [0, 0.05) is 19.0 Å². The van der Waals surface area contributed by atoms with Crippen LogP contribution in [-0.4, -0.2) is 18.5 Å². The summed E-state index contributed by atoms with van der Waals surface area (Å²) in [4.78, 5) is 11.6. The highest BCUT2D eigenvalue weighted by atomic mass is 16.1. The first-order chi connectivity index (χ1) is 8.09. The van der Waals surface area contributed by atoms with Crippen molar-refractivity contribution in [2.24, 2.45) is 17.6 Å². The lowest BCUT2D eigenvalue weighted by Crippen LogP contribution is -2.35. The van der Waals surface area contributed by atoms with Crippen molar-refractivity contribution in [1.29, 1.82) is 0 Å². The molecule has 0 saturated heterocycles. The van der Waals surface area contributed by atoms with Crippen molar-refractivity contribution >= 4 is 5.91 Å². The van der Waals surface area contributed by atoms with E-state index in [2.05, 4.69) is 19.2 Å². The monoisotopic (exact) mass is 240 g/mol. The lowest BCUT2D eigenvalue weighted by atomic mass is 10.0. The van der Waals surface area contributed by atoms with Gasteiger partial charge < -0.3 is 11.1 Å². The molecule has 1 saturated carbocycles. The molecule has 0 radical (unpaired) electrons. The van der Waals surface area contributed by atoms with E-state index in [-0.39, 0.29) is 11.9 Å². The molecule has 0 aromatic heterocycles. The molecule has 1 rings (SSSR count). The van der Waals surface area contributed by atoms with Crippen LogP contribution < -0.4 is 11.1 Å². The number of carbonyl (C=O) groups excluding carboxylic acids is 1. The normalized spacial score (nSPS) is 18.6. The fourth-order valence-corrected chi connectivity index (χ4v) is 2.44. The molecule has 0 aromatic rings. The SMILES string of the molecule is CC(C)C(N)CC(=O)NCCCC1CCCC1. The molecule has 3 nitrogen and oxygen atoms in total. The first-order valence-electron chi connectivity index (χ1n) is 7.12. The van der Waals surface area contributed by atoms with E-state index in [9.17, 15) is 4.79 Å². The number of hydrogen-bond donors (Lipinski definition) is 2. The molecule has 3 N–H and O–H groups in total. The van der Waals surface area contributed by atoms with Gasteiger partial charge in [-0.2, -0.15) is 0 Å². The highest BCUT2D eigenvalue weighted by Crippen LogP contribution is 2.28. The molecule has 1 unspecified atom stereocenters. The molecular formula is C14H28N2O. The van der Waals surface area contributed by atoms with Gasteiger partial charge in [0.1, 0.15) is 0 Å². The average Bonchev–Trinajstić information content (AvgIpc) is 2.77. The number of amides is 1. The van der Waals surface area contributed by atoms with Crippen LogP contribution in [0.15, 0.2) is 0 Å². The predicted molar refractivity (Wildman–Crippen MR) is 71.6 cm³/mol. The second kappa shape index (κ2) is 7.70. The van der Waals surface area contributed by atoms with Gasteiger partial charge in [-0.15, -0.1) is 0 Å². The van der Waals surface area contributed by atoms with Crippen molar-refractivity contribution in [3.8, 4) is 0 Å². The van der Waals surface area contributed by atoms with E-state index >= 15 is 0 Å². The summed E-state index contributed by atoms with van der Waals surface area (Å²) < 4.78 is 0. The van der Waals surface area contributed by atoms with E-state index in [1.54, 1.807) is 0 Å². The van der Waals surface area contributed by atoms with Crippen LogP contribution in [0.1, 0.15) is 58.8 Å². The molecule has 0 bridgehead atoms. The molecule has 0 spiro atoms. The maximum atomic E-state index is 11.6. The minimum absolute atomic E-state index is 0.00941. The molecule has 1 aliphatic carbocycles. The molecule has 1 aliphatic rings. The number of nitrogens with two attached hydrogens (primary N) is 1. The zero-order valence-electron chi connectivity index (χ0n) is 11.4. The van der Waals surface area contributed by atoms with Crippen molar-refractivity contribution in [3.05, 3.63) is 0 Å². The van der Waals surface area contributed by atoms with Crippen LogP contribution in [0.4, 0.5) is 0 Å². The Bertz CT molecular complexity index is 222. The van der Waals surface area contributed by atoms with Crippen LogP contribution in [-0.2, 0) is 4.79 Å². The van der Waals surface area contributed by atoms with Gasteiger partial charge in [-0.1, -0.05) is 39.5 Å². The van der Waals surface area contributed by atoms with Crippen molar-refractivity contribution in [1.82, 2.24) is 5.32 Å². The summed E-state index contributed by atoms with van der Waals surface area (Å²) >= 11 is 0. The zero-order valence-corrected chi connectivity index (χ0v) is 11.4. The molecule has 1 fully saturated rings. The Morgan fingerprint density at radius 3 is 2.59 bits per heavy atom. The van der Waals surface area contributed by atoms with Crippen molar-refractivity contribution in [3.63, 3.8) is 0 Å². The topological polar surface area (TPSA) is 55.1 Å². The van der Waals surface area contributed by atoms with Crippen LogP contribution in [0.2, 0.25) is 0 Å². The Morgan fingerprint density at radius 1 is 1.35 bits per heavy atom. The molecule has 0 heterocycles. The third-order valence-electron chi connectivity index (χ3n) is 3.86. The first-order valence-corrected chi connectivity index (χ1v) is 7.12. The van der Waals surface area contributed by atoms with Crippen LogP contribution in [0.25, 0.3) is 0 Å². The Hall–Kier alpha value is -0.570. The maximum absolute atomic E-state index is 11.6. The second-order valence-electron chi connectivity index (χ2n) is 5.75. The van der Waals surface area contributed by atoms with Gasteiger partial charge in [-0.05, 0) is 24.7 Å². The number of nitrogens with one attached hydrogen (secondary N) is 1. The molecule has 100 valence electrons. The van der Waals surface area contributed by atoms with Gasteiger partial charge in [0.25, 0.3) is 0 Å². The molecule has 1 atom stereocenters. The quantitative estimate of drug-likeness (QED) is 0.672. The number of hydrogen-bond acceptors (Lipinski definition) is 2. The molecule has 0 aromatic carbocycles. The fraction of sp³-hybridized carbons (Fsp3) is 0.929. The number of carbonyl (C=O) groups is 1. The van der Waals surface area contributed by atoms with E-state index in [4.69, 9.17) is 5.73 Å². The highest BCUT2D eigenvalue weighted by Gasteiger charge is 2.15. The Morgan fingerprint density at radius 2 is 2.00 bits per heavy atom. The summed E-state index contributed by atoms with van der Waals surface area (Å²) in [6.45, 7) is 4.93. The summed E-state index contributed by atoms with van der Waals surface area (Å²) in [5.41, 5.74) is 5.86. The van der Waals surface area contributed by atoms with Gasteiger partial charge in [0.15, 0.2) is 0 Å². The molecule has 0 aliphatic heterocycles. The first kappa shape index (κ1) is 14.5. The van der Waals surface area contributed by atoms with Crippen LogP contribution in [0.3, 0.4) is 0 Å². The largest absolute Gasteiger partial charge is 0.356 e. The summed E-state index contributed by atoms with van der Waals surface area (Å²) in [6.07, 6.45) is 8.45. The fourth-order valence-electron chi connectivity index (χ4n) is 2.44. The average molecular weight is 240 g/mol. The predicted octanol–water partition coefficient (Wildman–Crippen LogP) is 2.45. The van der Waals surface area contributed by atoms with Crippen molar-refractivity contribution < 1.29 is 4.79 Å². The van der Waals surface area contributed by atoms with Crippen molar-refractivity contribution in [2.45, 2.75) is 64.8 Å². The Labute approximate surface area is 106 Å². The molecule has 17 heavy (non-hydrogen) atoms. The molecule has 1 amide bonds. The third kappa shape index (κ3) is 6.06. The standard InChI is InChI=1S/C14H28N2O/c1-11(2)13(15)10-14(17)16-9-5-8-12-6-3-4-7-12/h11-13H,3-10,15H2,1-2H3,(H,16,17). The van der Waals surface area contributed by atoms with E-state index in [0.29, 0.717) is 12.3 Å². The van der Waals surface area contributed by atoms with E-state index < -0.39 is 0 Å². The minimum Gasteiger partial charge on any atom is -0.356 e. The van der Waals surface area contributed by atoms with E-state index in [1.807, 2.05) is 0 Å². The zero-order chi connectivity index (χ0) is 12.7. The summed E-state index contributed by atoms with van der Waals surface area (Å²) in [6, 6.07) is -0.00941. The van der Waals surface area contributed by atoms with E-state index in [0.717, 1.165) is 18.9 Å². The number of rotatable bonds is 7. The van der Waals surface area contributed by atoms with Gasteiger partial charge >= 0.3 is 0 Å². The van der Waals surface area contributed by atoms with E-state index in [1.165, 1.54) is 32.1 Å². The van der Waals surface area contributed by atoms with Gasteiger partial charge in [-0.25, -0.2) is 0 Å². The van der Waals surface area contributed by atoms with Crippen molar-refractivity contribution in [2.75, 3.05) is 6.54 Å². The maximum Gasteiger partial charge on any atom is 0.221 e. The summed E-state index contributed by atoms with van der Waals surface area (Å²) in [5.74, 6) is 1.40. The Balaban J connectivity index is 1.99. The van der Waals surface area contributed by atoms with Gasteiger partial charge in [0.2, 0.25) is 5.91 Å². The second-order valence-corrected chi connectivity index (χ2v) is 5.75. The van der Waals surface area contributed by atoms with Crippen LogP contribution in [0, 0.1) is 11.8 Å². The van der Waals surface area contributed by atoms with Gasteiger partial charge in [0.05, 0.1) is 0 Å². The molecule has 3 heteroatoms. The smallest absolute Gasteiger partial charge is 0.221 e. The Kier molecular flexibility index (Phi) is 6.56. The summed E-state index contributed by atoms with van der Waals surface area (Å²) in [5, 5.41) is 2.97. The minimum atomic E-state index is -0.00941. The van der Waals surface area contributed by atoms with Crippen LogP contribution in [0.5, 0.6) is 0 Å². The van der Waals surface area contributed by atoms with Crippen LogP contribution >= 0.6 is 0 Å². The highest BCUT2D eigenvalue weighted by molar-refractivity contribution is 5.76. The lowest BCUT2D eigenvalue weighted by Gasteiger charge is -2.15.